The molecule has 1 saturated heterocycles. The molecule has 1 aliphatic rings. The SMILES string of the molecule is Cc1c(C(=O)N[C@@H](Cc2ccccc2)[C@H](O)C(=O)N2CSC(C)(C)[C@H]2C(=O)O)cnn1C. The number of aromatic nitrogens is 2. The van der Waals surface area contributed by atoms with Crippen LogP contribution in [0.3, 0.4) is 0 Å². The zero-order chi connectivity index (χ0) is 23.6. The number of amides is 2. The van der Waals surface area contributed by atoms with E-state index in [4.69, 9.17) is 0 Å². The number of benzene rings is 1. The topological polar surface area (TPSA) is 125 Å². The van der Waals surface area contributed by atoms with Crippen LogP contribution in [0, 0.1) is 6.92 Å². The van der Waals surface area contributed by atoms with Crippen LogP contribution in [0.4, 0.5) is 0 Å². The molecule has 9 nitrogen and oxygen atoms in total. The lowest BCUT2D eigenvalue weighted by Crippen LogP contribution is -2.57. The molecule has 2 aromatic rings. The van der Waals surface area contributed by atoms with Crippen molar-refractivity contribution in [3.8, 4) is 0 Å². The van der Waals surface area contributed by atoms with Gasteiger partial charge in [0.25, 0.3) is 11.8 Å². The number of aliphatic hydroxyl groups excluding tert-OH is 1. The van der Waals surface area contributed by atoms with E-state index in [1.54, 1.807) is 32.5 Å². The van der Waals surface area contributed by atoms with Gasteiger partial charge in [-0.2, -0.15) is 5.10 Å². The summed E-state index contributed by atoms with van der Waals surface area (Å²) in [6.07, 6.45) is 0.00638. The van der Waals surface area contributed by atoms with E-state index in [2.05, 4.69) is 10.4 Å². The van der Waals surface area contributed by atoms with Gasteiger partial charge in [0.05, 0.1) is 23.7 Å². The third kappa shape index (κ3) is 4.81. The van der Waals surface area contributed by atoms with E-state index < -0.39 is 40.7 Å². The van der Waals surface area contributed by atoms with Crippen molar-refractivity contribution in [2.45, 2.75) is 50.1 Å². The lowest BCUT2D eigenvalue weighted by Gasteiger charge is -2.31. The van der Waals surface area contributed by atoms with Crippen LogP contribution >= 0.6 is 11.8 Å². The van der Waals surface area contributed by atoms with E-state index in [9.17, 15) is 24.6 Å². The first kappa shape index (κ1) is 23.8. The number of nitrogens with one attached hydrogen (secondary N) is 1. The Morgan fingerprint density at radius 2 is 1.94 bits per heavy atom. The van der Waals surface area contributed by atoms with Crippen LogP contribution in [0.2, 0.25) is 0 Å². The second-order valence-corrected chi connectivity index (χ2v) is 10.0. The fraction of sp³-hybridized carbons (Fsp3) is 0.455. The molecule has 10 heteroatoms. The lowest BCUT2D eigenvalue weighted by molar-refractivity contribution is -0.154. The van der Waals surface area contributed by atoms with Crippen molar-refractivity contribution in [1.82, 2.24) is 20.0 Å². The average Bonchev–Trinajstić information content (AvgIpc) is 3.25. The monoisotopic (exact) mass is 460 g/mol. The van der Waals surface area contributed by atoms with Crippen molar-refractivity contribution >= 4 is 29.5 Å². The number of aryl methyl sites for hydroxylation is 1. The Hall–Kier alpha value is -2.85. The molecular weight excluding hydrogens is 432 g/mol. The van der Waals surface area contributed by atoms with Gasteiger partial charge in [-0.25, -0.2) is 4.79 Å². The van der Waals surface area contributed by atoms with Gasteiger partial charge in [-0.15, -0.1) is 11.8 Å². The summed E-state index contributed by atoms with van der Waals surface area (Å²) in [5, 5.41) is 27.5. The van der Waals surface area contributed by atoms with Gasteiger partial charge in [0.15, 0.2) is 6.10 Å². The van der Waals surface area contributed by atoms with Gasteiger partial charge in [-0.3, -0.25) is 14.3 Å². The van der Waals surface area contributed by atoms with Crippen LogP contribution in [0.25, 0.3) is 0 Å². The number of hydrogen-bond acceptors (Lipinski definition) is 6. The van der Waals surface area contributed by atoms with Crippen LogP contribution in [-0.2, 0) is 23.1 Å². The zero-order valence-corrected chi connectivity index (χ0v) is 19.3. The summed E-state index contributed by atoms with van der Waals surface area (Å²) < 4.78 is 0.857. The Kier molecular flexibility index (Phi) is 6.94. The number of hydrogen-bond donors (Lipinski definition) is 3. The molecule has 0 bridgehead atoms. The van der Waals surface area contributed by atoms with Crippen molar-refractivity contribution in [2.24, 2.45) is 7.05 Å². The van der Waals surface area contributed by atoms with E-state index in [-0.39, 0.29) is 12.3 Å². The van der Waals surface area contributed by atoms with Crippen LogP contribution < -0.4 is 5.32 Å². The molecule has 2 heterocycles. The van der Waals surface area contributed by atoms with Crippen LogP contribution in [-0.4, -0.2) is 71.5 Å². The van der Waals surface area contributed by atoms with E-state index >= 15 is 0 Å². The summed E-state index contributed by atoms with van der Waals surface area (Å²) in [5.74, 6) is -2.17. The predicted octanol–water partition coefficient (Wildman–Crippen LogP) is 1.20. The van der Waals surface area contributed by atoms with Gasteiger partial charge < -0.3 is 20.4 Å². The molecular formula is C22H28N4O5S. The second-order valence-electron chi connectivity index (χ2n) is 8.41. The average molecular weight is 461 g/mol. The fourth-order valence-electron chi connectivity index (χ4n) is 3.81. The number of carboxylic acid groups (broad SMARTS) is 1. The number of carbonyl (C=O) groups is 3. The molecule has 0 unspecified atom stereocenters. The van der Waals surface area contributed by atoms with Gasteiger partial charge in [0.2, 0.25) is 0 Å². The molecule has 0 spiro atoms. The molecule has 32 heavy (non-hydrogen) atoms. The maximum Gasteiger partial charge on any atom is 0.327 e. The number of thioether (sulfide) groups is 1. The normalized spacial score (nSPS) is 19.4. The van der Waals surface area contributed by atoms with Gasteiger partial charge in [-0.05, 0) is 32.8 Å². The highest BCUT2D eigenvalue weighted by molar-refractivity contribution is 8.00. The summed E-state index contributed by atoms with van der Waals surface area (Å²) in [6.45, 7) is 5.26. The molecule has 1 fully saturated rings. The summed E-state index contributed by atoms with van der Waals surface area (Å²) in [6, 6.07) is 7.13. The van der Waals surface area contributed by atoms with E-state index in [1.807, 2.05) is 30.3 Å². The summed E-state index contributed by atoms with van der Waals surface area (Å²) in [7, 11) is 1.71. The number of carboxylic acids is 1. The van der Waals surface area contributed by atoms with Crippen molar-refractivity contribution < 1.29 is 24.6 Å². The molecule has 3 rings (SSSR count). The number of aliphatic carboxylic acids is 1. The van der Waals surface area contributed by atoms with E-state index in [0.29, 0.717) is 11.3 Å². The molecule has 3 atom stereocenters. The molecule has 0 saturated carbocycles. The van der Waals surface area contributed by atoms with Crippen molar-refractivity contribution in [1.29, 1.82) is 0 Å². The Morgan fingerprint density at radius 1 is 1.28 bits per heavy atom. The quantitative estimate of drug-likeness (QED) is 0.567. The first-order chi connectivity index (χ1) is 15.0. The zero-order valence-electron chi connectivity index (χ0n) is 18.5. The molecule has 3 N–H and O–H groups in total. The van der Waals surface area contributed by atoms with Crippen molar-refractivity contribution in [2.75, 3.05) is 5.88 Å². The standard InChI is InChI=1S/C22H28N4O5S/c1-13-15(11-23-25(13)4)19(28)24-16(10-14-8-6-5-7-9-14)17(27)20(29)26-12-32-22(2,3)18(26)21(30)31/h5-9,11,16-18,27H,10,12H2,1-4H3,(H,24,28)(H,30,31)/t16-,17-,18+/m0/s1. The first-order valence-electron chi connectivity index (χ1n) is 10.2. The van der Waals surface area contributed by atoms with Crippen LogP contribution in [0.5, 0.6) is 0 Å². The molecule has 0 aliphatic carbocycles. The third-order valence-electron chi connectivity index (χ3n) is 5.79. The minimum Gasteiger partial charge on any atom is -0.480 e. The molecule has 0 radical (unpaired) electrons. The highest BCUT2D eigenvalue weighted by atomic mass is 32.2. The van der Waals surface area contributed by atoms with Crippen LogP contribution in [0.1, 0.15) is 35.5 Å². The smallest absolute Gasteiger partial charge is 0.327 e. The Bertz CT molecular complexity index is 1010. The lowest BCUT2D eigenvalue weighted by atomic mass is 9.97. The van der Waals surface area contributed by atoms with Crippen LogP contribution in [0.15, 0.2) is 36.5 Å². The Balaban J connectivity index is 1.86. The fourth-order valence-corrected chi connectivity index (χ4v) is 4.94. The predicted molar refractivity (Wildman–Crippen MR) is 120 cm³/mol. The van der Waals surface area contributed by atoms with Gasteiger partial charge in [0.1, 0.15) is 6.04 Å². The molecule has 1 aliphatic heterocycles. The summed E-state index contributed by atoms with van der Waals surface area (Å²) >= 11 is 1.34. The minimum atomic E-state index is -1.62. The molecule has 2 amide bonds. The van der Waals surface area contributed by atoms with Crippen molar-refractivity contribution in [3.05, 3.63) is 53.3 Å². The maximum absolute atomic E-state index is 13.2. The molecule has 1 aromatic heterocycles. The van der Waals surface area contributed by atoms with Gasteiger partial charge in [-0.1, -0.05) is 30.3 Å². The highest BCUT2D eigenvalue weighted by Crippen LogP contribution is 2.39. The Labute approximate surface area is 190 Å². The Morgan fingerprint density at radius 3 is 2.50 bits per heavy atom. The first-order valence-corrected chi connectivity index (χ1v) is 11.2. The number of aliphatic hydroxyl groups is 1. The minimum absolute atomic E-state index is 0.146. The van der Waals surface area contributed by atoms with Gasteiger partial charge >= 0.3 is 5.97 Å². The van der Waals surface area contributed by atoms with Crippen molar-refractivity contribution in [3.63, 3.8) is 0 Å². The van der Waals surface area contributed by atoms with E-state index in [1.165, 1.54) is 22.9 Å². The summed E-state index contributed by atoms with van der Waals surface area (Å²) in [5.41, 5.74) is 1.80. The summed E-state index contributed by atoms with van der Waals surface area (Å²) in [4.78, 5) is 39.1. The van der Waals surface area contributed by atoms with E-state index in [0.717, 1.165) is 5.56 Å². The molecule has 1 aromatic carbocycles. The van der Waals surface area contributed by atoms with Gasteiger partial charge in [0, 0.05) is 17.5 Å². The maximum atomic E-state index is 13.2. The second kappa shape index (κ2) is 9.33. The number of carbonyl (C=O) groups excluding carboxylic acids is 2. The number of nitrogens with zero attached hydrogens (tertiary/aromatic N) is 3. The molecule has 172 valence electrons. The largest absolute Gasteiger partial charge is 0.480 e. The highest BCUT2D eigenvalue weighted by Gasteiger charge is 2.50. The number of rotatable bonds is 7. The third-order valence-corrected chi connectivity index (χ3v) is 7.17.